The molecule has 2 atom stereocenters. The van der Waals surface area contributed by atoms with E-state index in [1.54, 1.807) is 0 Å². The Balaban J connectivity index is 1.02. The summed E-state index contributed by atoms with van der Waals surface area (Å²) in [6.07, 6.45) is 3.65. The lowest BCUT2D eigenvalue weighted by atomic mass is 9.95. The predicted molar refractivity (Wildman–Crippen MR) is 323 cm³/mol. The van der Waals surface area contributed by atoms with E-state index in [1.165, 1.54) is 0 Å². The first-order valence-electron chi connectivity index (χ1n) is 25.2. The minimum atomic E-state index is -1.50. The molecule has 8 aromatic rings. The summed E-state index contributed by atoms with van der Waals surface area (Å²) in [6.45, 7) is 17.8. The number of para-hydroxylation sites is 2. The number of nitrogens with zero attached hydrogens (tertiary/aromatic N) is 2. The molecule has 0 saturated heterocycles. The molecule has 0 heterocycles. The van der Waals surface area contributed by atoms with Crippen LogP contribution in [0.1, 0.15) is 59.3 Å². The van der Waals surface area contributed by atoms with E-state index in [-0.39, 0.29) is 12.1 Å². The summed E-state index contributed by atoms with van der Waals surface area (Å²) in [7, 11) is -2.99. The van der Waals surface area contributed by atoms with Gasteiger partial charge >= 0.3 is 0 Å². The first kappa shape index (κ1) is 51.7. The fraction of sp³-hybridized carbons (Fsp3) is 0.147. The van der Waals surface area contributed by atoms with Crippen LogP contribution in [0.5, 0.6) is 0 Å². The number of hydrogen-bond donors (Lipinski definition) is 2. The molecule has 2 N–H and O–H groups in total. The van der Waals surface area contributed by atoms with Crippen molar-refractivity contribution in [3.63, 3.8) is 0 Å². The molecule has 74 heavy (non-hydrogen) atoms. The Kier molecular flexibility index (Phi) is 16.9. The normalized spacial score (nSPS) is 11.9. The Morgan fingerprint density at radius 3 is 0.919 bits per heavy atom. The summed E-state index contributed by atoms with van der Waals surface area (Å²) in [5.74, 6) is 19.5. The molecular formula is C68H62N4Si2. The molecule has 6 heteroatoms. The maximum Gasteiger partial charge on any atom is 0.129 e. The number of anilines is 2. The Hall–Kier alpha value is -8.63. The minimum absolute atomic E-state index is 0.00135. The molecule has 4 nitrogen and oxygen atoms in total. The number of rotatable bonds is 12. The average molecular weight is 991 g/mol. The van der Waals surface area contributed by atoms with Gasteiger partial charge in [-0.2, -0.15) is 0 Å². The highest BCUT2D eigenvalue weighted by Gasteiger charge is 2.15. The zero-order valence-corrected chi connectivity index (χ0v) is 45.7. The maximum absolute atomic E-state index is 4.88. The van der Waals surface area contributed by atoms with Crippen molar-refractivity contribution in [1.82, 2.24) is 0 Å². The molecule has 0 bridgehead atoms. The van der Waals surface area contributed by atoms with Crippen molar-refractivity contribution in [3.8, 4) is 91.1 Å². The fourth-order valence-corrected chi connectivity index (χ4v) is 9.14. The van der Waals surface area contributed by atoms with Gasteiger partial charge in [0.2, 0.25) is 0 Å². The zero-order valence-electron chi connectivity index (χ0n) is 43.7. The van der Waals surface area contributed by atoms with Crippen molar-refractivity contribution >= 4 is 40.2 Å². The van der Waals surface area contributed by atoms with E-state index in [9.17, 15) is 0 Å². The standard InChI is InChI=1S/C68H62N4Si2/c1-51(57-21-11-9-12-22-57)69-49-71-67-63(25-17-27-65(67)61-41-33-55(34-42-61)45-47-73(3,4)5)59-37-29-53(30-38-59)19-15-16-20-54-31-39-60(40-32-54)64-26-18-28-66(62-43-35-56(36-44-62)46-48-74(6,7)8)68(64)72-50-70-52(2)58-23-13-10-14-24-58/h9-14,17-18,21-44,49-52H,1-8H3,(H,69,71)(H,70,72)/t51-,52-/m1/s1. The third kappa shape index (κ3) is 14.5. The average Bonchev–Trinajstić information content (AvgIpc) is 3.41. The van der Waals surface area contributed by atoms with E-state index in [0.717, 1.165) is 89.3 Å². The number of hydrogen-bond acceptors (Lipinski definition) is 2. The van der Waals surface area contributed by atoms with Crippen molar-refractivity contribution in [2.24, 2.45) is 9.98 Å². The highest BCUT2D eigenvalue weighted by Crippen LogP contribution is 2.39. The molecule has 0 spiro atoms. The maximum atomic E-state index is 4.88. The second-order valence-electron chi connectivity index (χ2n) is 20.3. The van der Waals surface area contributed by atoms with Gasteiger partial charge in [-0.3, -0.25) is 9.98 Å². The van der Waals surface area contributed by atoms with Crippen LogP contribution in [0.3, 0.4) is 0 Å². The second-order valence-corrected chi connectivity index (χ2v) is 29.8. The van der Waals surface area contributed by atoms with Crippen LogP contribution < -0.4 is 10.6 Å². The van der Waals surface area contributed by atoms with Gasteiger partial charge in [0, 0.05) is 44.5 Å². The lowest BCUT2D eigenvalue weighted by Gasteiger charge is -2.16. The molecule has 0 aliphatic heterocycles. The van der Waals surface area contributed by atoms with E-state index < -0.39 is 16.1 Å². The summed E-state index contributed by atoms with van der Waals surface area (Å²) in [6, 6.07) is 67.2. The number of benzene rings is 8. The van der Waals surface area contributed by atoms with E-state index in [1.807, 2.05) is 49.1 Å². The minimum Gasteiger partial charge on any atom is -0.346 e. The molecule has 0 aromatic heterocycles. The Morgan fingerprint density at radius 1 is 0.351 bits per heavy atom. The van der Waals surface area contributed by atoms with Crippen LogP contribution in [0.15, 0.2) is 204 Å². The van der Waals surface area contributed by atoms with Gasteiger partial charge in [0.25, 0.3) is 0 Å². The van der Waals surface area contributed by atoms with Crippen molar-refractivity contribution in [1.29, 1.82) is 0 Å². The summed E-state index contributed by atoms with van der Waals surface area (Å²) in [4.78, 5) is 9.75. The van der Waals surface area contributed by atoms with Gasteiger partial charge in [0.1, 0.15) is 16.1 Å². The van der Waals surface area contributed by atoms with Crippen molar-refractivity contribution in [3.05, 3.63) is 228 Å². The topological polar surface area (TPSA) is 48.8 Å². The molecule has 0 unspecified atom stereocenters. The molecule has 0 saturated carbocycles. The lowest BCUT2D eigenvalue weighted by molar-refractivity contribution is 0.824. The zero-order chi connectivity index (χ0) is 51.9. The monoisotopic (exact) mass is 990 g/mol. The first-order chi connectivity index (χ1) is 35.8. The Bertz CT molecular complexity index is 3280. The lowest BCUT2D eigenvalue weighted by Crippen LogP contribution is -2.16. The van der Waals surface area contributed by atoms with E-state index in [4.69, 9.17) is 9.98 Å². The Labute approximate surface area is 442 Å². The Morgan fingerprint density at radius 2 is 0.635 bits per heavy atom. The smallest absolute Gasteiger partial charge is 0.129 e. The van der Waals surface area contributed by atoms with Crippen LogP contribution in [0.4, 0.5) is 11.4 Å². The van der Waals surface area contributed by atoms with Crippen LogP contribution in [-0.4, -0.2) is 28.8 Å². The van der Waals surface area contributed by atoms with Crippen LogP contribution in [0, 0.1) is 46.6 Å². The molecule has 8 rings (SSSR count). The molecule has 0 amide bonds. The van der Waals surface area contributed by atoms with Gasteiger partial charge < -0.3 is 10.6 Å². The first-order valence-corrected chi connectivity index (χ1v) is 32.2. The van der Waals surface area contributed by atoms with Gasteiger partial charge in [0.15, 0.2) is 0 Å². The van der Waals surface area contributed by atoms with Gasteiger partial charge in [-0.05, 0) is 108 Å². The van der Waals surface area contributed by atoms with Gasteiger partial charge in [0.05, 0.1) is 36.1 Å². The van der Waals surface area contributed by atoms with E-state index in [2.05, 4.69) is 268 Å². The van der Waals surface area contributed by atoms with Crippen LogP contribution in [0.25, 0.3) is 44.5 Å². The predicted octanol–water partition coefficient (Wildman–Crippen LogP) is 16.6. The summed E-state index contributed by atoms with van der Waals surface area (Å²) in [5, 5.41) is 7.18. The molecule has 0 radical (unpaired) electrons. The molecule has 8 aromatic carbocycles. The van der Waals surface area contributed by atoms with Crippen LogP contribution in [-0.2, 0) is 0 Å². The molecule has 362 valence electrons. The van der Waals surface area contributed by atoms with Gasteiger partial charge in [-0.1, -0.05) is 209 Å². The molecule has 0 aliphatic rings. The van der Waals surface area contributed by atoms with E-state index in [0.29, 0.717) is 0 Å². The molecule has 0 aliphatic carbocycles. The third-order valence-corrected chi connectivity index (χ3v) is 13.9. The van der Waals surface area contributed by atoms with Crippen molar-refractivity contribution < 1.29 is 0 Å². The van der Waals surface area contributed by atoms with Gasteiger partial charge in [-0.15, -0.1) is 11.1 Å². The van der Waals surface area contributed by atoms with Crippen molar-refractivity contribution in [2.75, 3.05) is 10.6 Å². The van der Waals surface area contributed by atoms with Crippen LogP contribution in [0.2, 0.25) is 39.3 Å². The fourth-order valence-electron chi connectivity index (χ4n) is 8.10. The molecule has 0 fully saturated rings. The summed E-state index contributed by atoms with van der Waals surface area (Å²) >= 11 is 0. The van der Waals surface area contributed by atoms with Crippen molar-refractivity contribution in [2.45, 2.75) is 65.2 Å². The SMILES string of the molecule is C[C@@H](N=CNc1c(-c2ccc(C#CC#Cc3ccc(-c4cccc(-c5ccc(C#C[Si](C)(C)C)cc5)c4NC=N[C@H](C)c4ccccc4)cc3)cc2)cccc1-c1ccc(C#C[Si](C)(C)C)cc1)c1ccccc1. The summed E-state index contributed by atoms with van der Waals surface area (Å²) < 4.78 is 0. The number of nitrogens with one attached hydrogen (secondary N) is 2. The highest BCUT2D eigenvalue weighted by atomic mass is 28.3. The second kappa shape index (κ2) is 24.2. The third-order valence-electron chi connectivity index (χ3n) is 12.1. The molecular weight excluding hydrogens is 929 g/mol. The van der Waals surface area contributed by atoms with Gasteiger partial charge in [-0.25, -0.2) is 0 Å². The quantitative estimate of drug-likeness (QED) is 0.0555. The van der Waals surface area contributed by atoms with E-state index >= 15 is 0 Å². The summed E-state index contributed by atoms with van der Waals surface area (Å²) in [5.41, 5.74) is 23.6. The van der Waals surface area contributed by atoms with Crippen LogP contribution >= 0.6 is 0 Å². The largest absolute Gasteiger partial charge is 0.346 e. The highest BCUT2D eigenvalue weighted by molar-refractivity contribution is 6.84. The number of aliphatic imine (C=N–C) groups is 2.